The number of aliphatic hydroxyl groups is 1. The number of aromatic carboxylic acids is 3. The molecule has 0 radical (unpaired) electrons. The summed E-state index contributed by atoms with van der Waals surface area (Å²) in [6, 6.07) is 31.7. The molecule has 0 aliphatic rings. The molecule has 4 N–H and O–H groups in total. The number of ether oxygens (including phenoxy) is 4. The molecule has 0 spiro atoms. The Hall–Kier alpha value is -9.44. The van der Waals surface area contributed by atoms with Crippen molar-refractivity contribution in [2.45, 2.75) is 60.9 Å². The van der Waals surface area contributed by atoms with Gasteiger partial charge in [0.05, 0.1) is 41.9 Å². The first-order valence-corrected chi connectivity index (χ1v) is 25.4. The van der Waals surface area contributed by atoms with Gasteiger partial charge in [-0.05, 0) is 101 Å². The van der Waals surface area contributed by atoms with Crippen LogP contribution in [0.1, 0.15) is 84.4 Å². The van der Waals surface area contributed by atoms with Gasteiger partial charge in [-0.3, -0.25) is 0 Å². The number of pyridine rings is 3. The second-order valence-corrected chi connectivity index (χ2v) is 18.5. The van der Waals surface area contributed by atoms with Gasteiger partial charge in [-0.2, -0.15) is 29.3 Å². The number of hydrogen-bond acceptors (Lipinski definition) is 15. The van der Waals surface area contributed by atoms with Crippen molar-refractivity contribution < 1.29 is 53.8 Å². The highest BCUT2D eigenvalue weighted by molar-refractivity contribution is 6.30. The number of aromatic nitrogens is 9. The molecule has 6 aromatic heterocycles. The van der Waals surface area contributed by atoms with Crippen molar-refractivity contribution in [3.8, 4) is 40.8 Å². The fraction of sp³-hybridized carbons (Fsp3) is 0.237. The van der Waals surface area contributed by atoms with E-state index in [-0.39, 0.29) is 37.3 Å². The average molecular weight is 1120 g/mol. The quantitative estimate of drug-likeness (QED) is 0.0492. The van der Waals surface area contributed by atoms with E-state index in [0.29, 0.717) is 72.1 Å². The summed E-state index contributed by atoms with van der Waals surface area (Å²) in [5, 5.41) is 50.2. The van der Waals surface area contributed by atoms with Crippen molar-refractivity contribution in [2.75, 3.05) is 33.9 Å². The predicted molar refractivity (Wildman–Crippen MR) is 303 cm³/mol. The van der Waals surface area contributed by atoms with E-state index in [1.54, 1.807) is 41.5 Å². The van der Waals surface area contributed by atoms with Gasteiger partial charge >= 0.3 is 17.9 Å². The van der Waals surface area contributed by atoms with Crippen molar-refractivity contribution >= 4 is 29.5 Å². The van der Waals surface area contributed by atoms with E-state index < -0.39 is 17.9 Å². The Balaban J connectivity index is 0.000000195. The van der Waals surface area contributed by atoms with Crippen LogP contribution >= 0.6 is 11.6 Å². The van der Waals surface area contributed by atoms with Crippen molar-refractivity contribution in [3.05, 3.63) is 207 Å². The molecule has 0 bridgehead atoms. The molecule has 21 nitrogen and oxygen atoms in total. The first-order chi connectivity index (χ1) is 38.6. The van der Waals surface area contributed by atoms with Crippen molar-refractivity contribution in [1.29, 1.82) is 0 Å². The molecule has 0 amide bonds. The highest BCUT2D eigenvalue weighted by Gasteiger charge is 2.19. The van der Waals surface area contributed by atoms with Crippen LogP contribution in [0, 0.1) is 13.8 Å². The summed E-state index contributed by atoms with van der Waals surface area (Å²) in [4.78, 5) is 48.3. The number of carboxylic acids is 3. The smallest absolute Gasteiger partial charge is 0.335 e. The zero-order valence-electron chi connectivity index (χ0n) is 44.5. The lowest BCUT2D eigenvalue weighted by atomic mass is 10.2. The lowest BCUT2D eigenvalue weighted by Gasteiger charge is -2.13. The number of nitrogens with zero attached hydrogens (tertiary/aromatic N) is 10. The van der Waals surface area contributed by atoms with Crippen LogP contribution in [0.15, 0.2) is 146 Å². The van der Waals surface area contributed by atoms with Gasteiger partial charge in [0.15, 0.2) is 17.5 Å². The summed E-state index contributed by atoms with van der Waals surface area (Å²) in [5.41, 5.74) is 7.27. The number of carbonyl (C=O) groups is 3. The molecule has 0 aliphatic carbocycles. The first-order valence-electron chi connectivity index (χ1n) is 25.0. The van der Waals surface area contributed by atoms with E-state index in [4.69, 9.17) is 40.8 Å². The van der Waals surface area contributed by atoms with E-state index in [0.717, 1.165) is 46.3 Å². The summed E-state index contributed by atoms with van der Waals surface area (Å²) in [6.07, 6.45) is 10.3. The maximum atomic E-state index is 11.3. The minimum Gasteiger partial charge on any atom is -0.493 e. The molecular weight excluding hydrogens is 1060 g/mol. The maximum absolute atomic E-state index is 11.3. The number of rotatable bonds is 22. The van der Waals surface area contributed by atoms with Crippen LogP contribution in [0.2, 0.25) is 5.02 Å². The SMILES string of the molecule is C.CCOc1cc(Cl)ccc1COc1ccnn1-c1cc(C(=O)O)ccn1.Cc1ccc(COc2c(CCN(C)C)cnn2-c2cc(C(=O)O)ccn2)cc1.Cc1ccc(COc2c(CCO)cnn2-c2cc(C(=O)O)ccn2)cc1. The Kier molecular flexibility index (Phi) is 22.1. The maximum Gasteiger partial charge on any atom is 0.335 e. The molecule has 81 heavy (non-hydrogen) atoms. The molecule has 0 fully saturated rings. The Labute approximate surface area is 473 Å². The van der Waals surface area contributed by atoms with Crippen LogP contribution < -0.4 is 18.9 Å². The van der Waals surface area contributed by atoms with Gasteiger partial charge in [0.25, 0.3) is 0 Å². The fourth-order valence-corrected chi connectivity index (χ4v) is 7.68. The number of aryl methyl sites for hydroxylation is 2. The lowest BCUT2D eigenvalue weighted by molar-refractivity contribution is 0.0686. The molecule has 6 heterocycles. The van der Waals surface area contributed by atoms with Crippen LogP contribution in [0.4, 0.5) is 0 Å². The van der Waals surface area contributed by atoms with Gasteiger partial charge in [-0.15, -0.1) is 0 Å². The molecule has 0 saturated carbocycles. The van der Waals surface area contributed by atoms with Gasteiger partial charge < -0.3 is 44.3 Å². The van der Waals surface area contributed by atoms with E-state index in [9.17, 15) is 24.6 Å². The van der Waals surface area contributed by atoms with Gasteiger partial charge in [0.1, 0.15) is 25.6 Å². The Morgan fingerprint density at radius 2 is 1.01 bits per heavy atom. The summed E-state index contributed by atoms with van der Waals surface area (Å²) < 4.78 is 27.9. The van der Waals surface area contributed by atoms with E-state index in [1.165, 1.54) is 69.9 Å². The highest BCUT2D eigenvalue weighted by Crippen LogP contribution is 2.28. The first kappa shape index (κ1) is 60.8. The van der Waals surface area contributed by atoms with E-state index in [2.05, 4.69) is 35.1 Å². The van der Waals surface area contributed by atoms with Crippen molar-refractivity contribution in [1.82, 2.24) is 49.2 Å². The normalized spacial score (nSPS) is 10.6. The molecule has 22 heteroatoms. The number of likely N-dealkylation sites (N-methyl/N-ethyl adjacent to an activating group) is 1. The third kappa shape index (κ3) is 17.0. The molecule has 0 saturated heterocycles. The topological polar surface area (TPSA) is 264 Å². The second-order valence-electron chi connectivity index (χ2n) is 18.0. The lowest BCUT2D eigenvalue weighted by Crippen LogP contribution is -2.15. The summed E-state index contributed by atoms with van der Waals surface area (Å²) in [5.74, 6) is 0.116. The molecule has 422 valence electrons. The number of halogens is 1. The highest BCUT2D eigenvalue weighted by atomic mass is 35.5. The molecule has 9 aromatic rings. The van der Waals surface area contributed by atoms with Crippen LogP contribution in [-0.4, -0.2) is 121 Å². The average Bonchev–Trinajstić information content (AvgIpc) is 4.24. The van der Waals surface area contributed by atoms with Crippen LogP contribution in [-0.2, 0) is 32.7 Å². The molecular formula is C59H63ClN10O11. The number of aliphatic hydroxyl groups excluding tert-OH is 1. The Morgan fingerprint density at radius 3 is 1.46 bits per heavy atom. The van der Waals surface area contributed by atoms with Crippen LogP contribution in [0.3, 0.4) is 0 Å². The second kappa shape index (κ2) is 29.5. The van der Waals surface area contributed by atoms with Crippen molar-refractivity contribution in [2.24, 2.45) is 0 Å². The minimum atomic E-state index is -1.04. The van der Waals surface area contributed by atoms with Gasteiger partial charge in [0, 0.05) is 65.9 Å². The number of hydrogen-bond donors (Lipinski definition) is 4. The zero-order chi connectivity index (χ0) is 57.1. The predicted octanol–water partition coefficient (Wildman–Crippen LogP) is 9.58. The summed E-state index contributed by atoms with van der Waals surface area (Å²) in [7, 11) is 4.02. The summed E-state index contributed by atoms with van der Waals surface area (Å²) >= 11 is 6.01. The zero-order valence-corrected chi connectivity index (χ0v) is 45.3. The van der Waals surface area contributed by atoms with E-state index in [1.807, 2.05) is 89.5 Å². The van der Waals surface area contributed by atoms with Crippen LogP contribution in [0.25, 0.3) is 17.5 Å². The van der Waals surface area contributed by atoms with Gasteiger partial charge in [0.2, 0.25) is 17.6 Å². The van der Waals surface area contributed by atoms with Gasteiger partial charge in [-0.1, -0.05) is 84.8 Å². The summed E-state index contributed by atoms with van der Waals surface area (Å²) in [6.45, 7) is 8.20. The Morgan fingerprint density at radius 1 is 0.543 bits per heavy atom. The van der Waals surface area contributed by atoms with Gasteiger partial charge in [-0.25, -0.2) is 29.3 Å². The van der Waals surface area contributed by atoms with E-state index >= 15 is 0 Å². The minimum absolute atomic E-state index is 0. The fourth-order valence-electron chi connectivity index (χ4n) is 7.52. The van der Waals surface area contributed by atoms with Crippen LogP contribution in [0.5, 0.6) is 23.4 Å². The molecule has 0 atom stereocenters. The monoisotopic (exact) mass is 1120 g/mol. The third-order valence-electron chi connectivity index (χ3n) is 11.7. The Bertz CT molecular complexity index is 3510. The number of benzene rings is 3. The number of carboxylic acid groups (broad SMARTS) is 3. The molecule has 0 aliphatic heterocycles. The molecule has 3 aromatic carbocycles. The molecule has 9 rings (SSSR count). The largest absolute Gasteiger partial charge is 0.493 e. The van der Waals surface area contributed by atoms with Crippen molar-refractivity contribution in [3.63, 3.8) is 0 Å². The standard InChI is InChI=1S/C21H24N4O3.C19H19N3O4.C18H16ClN3O4.CH4/c1-15-4-6-16(7-5-15)14-28-20-18(9-11-24(2)3)13-23-25(20)19-12-17(21(26)27)8-10-22-19;1-13-2-4-14(5-3-13)12-26-18-16(7-9-23)11-21-22(18)17-10-15(19(24)25)6-8-20-17;1-2-25-15-10-14(19)4-3-13(15)11-26-17-6-8-21-22(17)16-9-12(18(23)24)5-7-20-16;/h4-8,10,12-13H,9,11,14H2,1-3H3,(H,26,27);2-6,8,10-11,23H,7,9,12H2,1H3,(H,24,25);3-10H,2,11H2,1H3,(H,23,24);1H4. The molecule has 0 unspecified atom stereocenters. The third-order valence-corrected chi connectivity index (χ3v) is 12.0.